The van der Waals surface area contributed by atoms with Crippen molar-refractivity contribution < 1.29 is 9.90 Å². The van der Waals surface area contributed by atoms with Crippen molar-refractivity contribution in [2.75, 3.05) is 25.0 Å². The lowest BCUT2D eigenvalue weighted by atomic mass is 10.2. The first-order valence-corrected chi connectivity index (χ1v) is 7.35. The predicted octanol–water partition coefficient (Wildman–Crippen LogP) is 2.34. The molecule has 0 atom stereocenters. The molecule has 0 fully saturated rings. The van der Waals surface area contributed by atoms with Gasteiger partial charge in [-0.25, -0.2) is 9.48 Å². The maximum Gasteiger partial charge on any atom is 0.321 e. The van der Waals surface area contributed by atoms with Crippen molar-refractivity contribution in [3.05, 3.63) is 41.7 Å². The maximum absolute atomic E-state index is 12.1. The Morgan fingerprint density at radius 2 is 2.14 bits per heavy atom. The fourth-order valence-corrected chi connectivity index (χ4v) is 2.33. The number of carbonyl (C=O) groups is 1. The van der Waals surface area contributed by atoms with Crippen LogP contribution in [0.25, 0.3) is 5.69 Å². The number of anilines is 1. The van der Waals surface area contributed by atoms with E-state index >= 15 is 0 Å². The number of benzene rings is 1. The Balaban J connectivity index is 2.18. The zero-order valence-electron chi connectivity index (χ0n) is 13.2. The molecule has 6 heteroatoms. The maximum atomic E-state index is 12.1. The Kier molecular flexibility index (Phi) is 5.16. The summed E-state index contributed by atoms with van der Waals surface area (Å²) in [7, 11) is 0. The number of aliphatic hydroxyl groups excluding tert-OH is 1. The molecule has 2 aromatic rings. The highest BCUT2D eigenvalue weighted by molar-refractivity contribution is 5.89. The molecule has 1 aromatic carbocycles. The minimum absolute atomic E-state index is 0.0486. The summed E-state index contributed by atoms with van der Waals surface area (Å²) in [6.45, 7) is 6.63. The molecule has 0 saturated carbocycles. The number of hydrogen-bond acceptors (Lipinski definition) is 3. The molecule has 0 saturated heterocycles. The van der Waals surface area contributed by atoms with Gasteiger partial charge in [0.2, 0.25) is 0 Å². The van der Waals surface area contributed by atoms with Gasteiger partial charge in [0.25, 0.3) is 0 Å². The number of nitrogens with zero attached hydrogens (tertiary/aromatic N) is 3. The Hall–Kier alpha value is -2.34. The monoisotopic (exact) mass is 302 g/mol. The van der Waals surface area contributed by atoms with E-state index in [4.69, 9.17) is 5.11 Å². The van der Waals surface area contributed by atoms with E-state index in [1.54, 1.807) is 4.90 Å². The molecule has 1 heterocycles. The van der Waals surface area contributed by atoms with Crippen LogP contribution < -0.4 is 5.32 Å². The SMILES string of the molecule is CCN(CCO)C(=O)Nc1cccc(-n2nc(C)cc2C)c1. The van der Waals surface area contributed by atoms with Crippen molar-refractivity contribution in [1.29, 1.82) is 0 Å². The predicted molar refractivity (Wildman–Crippen MR) is 86.4 cm³/mol. The fraction of sp³-hybridized carbons (Fsp3) is 0.375. The van der Waals surface area contributed by atoms with Crippen LogP contribution >= 0.6 is 0 Å². The number of amides is 2. The van der Waals surface area contributed by atoms with E-state index in [0.717, 1.165) is 17.1 Å². The topological polar surface area (TPSA) is 70.4 Å². The van der Waals surface area contributed by atoms with E-state index in [2.05, 4.69) is 10.4 Å². The highest BCUT2D eigenvalue weighted by atomic mass is 16.3. The second-order valence-corrected chi connectivity index (χ2v) is 5.12. The average Bonchev–Trinajstić information content (AvgIpc) is 2.83. The first kappa shape index (κ1) is 16.0. The van der Waals surface area contributed by atoms with Crippen LogP contribution in [-0.2, 0) is 0 Å². The summed E-state index contributed by atoms with van der Waals surface area (Å²) in [5.74, 6) is 0. The minimum Gasteiger partial charge on any atom is -0.395 e. The van der Waals surface area contributed by atoms with Crippen LogP contribution in [-0.4, -0.2) is 45.5 Å². The molecule has 0 bridgehead atoms. The molecule has 0 aliphatic carbocycles. The van der Waals surface area contributed by atoms with Crippen LogP contribution in [0.2, 0.25) is 0 Å². The number of likely N-dealkylation sites (N-methyl/N-ethyl adjacent to an activating group) is 1. The molecule has 0 aliphatic heterocycles. The molecule has 22 heavy (non-hydrogen) atoms. The van der Waals surface area contributed by atoms with E-state index in [1.165, 1.54) is 0 Å². The largest absolute Gasteiger partial charge is 0.395 e. The normalized spacial score (nSPS) is 10.5. The van der Waals surface area contributed by atoms with Crippen molar-refractivity contribution >= 4 is 11.7 Å². The third kappa shape index (κ3) is 3.65. The lowest BCUT2D eigenvalue weighted by Crippen LogP contribution is -2.36. The highest BCUT2D eigenvalue weighted by Gasteiger charge is 2.11. The summed E-state index contributed by atoms with van der Waals surface area (Å²) in [6, 6.07) is 9.32. The number of carbonyl (C=O) groups excluding carboxylic acids is 1. The van der Waals surface area contributed by atoms with Gasteiger partial charge in [0.15, 0.2) is 0 Å². The first-order chi connectivity index (χ1) is 10.5. The summed E-state index contributed by atoms with van der Waals surface area (Å²) in [6.07, 6.45) is 0. The van der Waals surface area contributed by atoms with Gasteiger partial charge in [-0.05, 0) is 45.0 Å². The second kappa shape index (κ2) is 7.09. The zero-order chi connectivity index (χ0) is 16.1. The Morgan fingerprint density at radius 1 is 1.36 bits per heavy atom. The molecule has 2 amide bonds. The molecular formula is C16H22N4O2. The van der Waals surface area contributed by atoms with Crippen LogP contribution in [0.5, 0.6) is 0 Å². The van der Waals surface area contributed by atoms with Crippen molar-refractivity contribution in [2.45, 2.75) is 20.8 Å². The Bertz CT molecular complexity index is 651. The number of nitrogens with one attached hydrogen (secondary N) is 1. The van der Waals surface area contributed by atoms with Crippen LogP contribution in [0.1, 0.15) is 18.3 Å². The number of aryl methyl sites for hydroxylation is 2. The molecule has 2 N–H and O–H groups in total. The van der Waals surface area contributed by atoms with Gasteiger partial charge in [-0.1, -0.05) is 6.07 Å². The molecule has 6 nitrogen and oxygen atoms in total. The van der Waals surface area contributed by atoms with Gasteiger partial charge in [-0.3, -0.25) is 0 Å². The lowest BCUT2D eigenvalue weighted by Gasteiger charge is -2.20. The summed E-state index contributed by atoms with van der Waals surface area (Å²) in [5, 5.41) is 16.3. The quantitative estimate of drug-likeness (QED) is 0.890. The average molecular weight is 302 g/mol. The number of urea groups is 1. The third-order valence-electron chi connectivity index (χ3n) is 3.39. The number of rotatable bonds is 5. The zero-order valence-corrected chi connectivity index (χ0v) is 13.2. The van der Waals surface area contributed by atoms with Gasteiger partial charge in [0, 0.05) is 24.5 Å². The van der Waals surface area contributed by atoms with Crippen LogP contribution in [0.15, 0.2) is 30.3 Å². The summed E-state index contributed by atoms with van der Waals surface area (Å²) in [4.78, 5) is 13.7. The van der Waals surface area contributed by atoms with Gasteiger partial charge in [0.1, 0.15) is 0 Å². The van der Waals surface area contributed by atoms with Gasteiger partial charge in [0.05, 0.1) is 18.0 Å². The molecule has 1 aromatic heterocycles. The third-order valence-corrected chi connectivity index (χ3v) is 3.39. The van der Waals surface area contributed by atoms with Crippen molar-refractivity contribution in [1.82, 2.24) is 14.7 Å². The van der Waals surface area contributed by atoms with Crippen LogP contribution in [0.4, 0.5) is 10.5 Å². The van der Waals surface area contributed by atoms with Crippen molar-refractivity contribution in [2.24, 2.45) is 0 Å². The minimum atomic E-state index is -0.220. The van der Waals surface area contributed by atoms with Gasteiger partial charge in [-0.15, -0.1) is 0 Å². The van der Waals surface area contributed by atoms with E-state index in [0.29, 0.717) is 18.8 Å². The van der Waals surface area contributed by atoms with Gasteiger partial charge in [-0.2, -0.15) is 5.10 Å². The first-order valence-electron chi connectivity index (χ1n) is 7.35. The molecule has 0 radical (unpaired) electrons. The van der Waals surface area contributed by atoms with E-state index in [-0.39, 0.29) is 12.6 Å². The van der Waals surface area contributed by atoms with E-state index < -0.39 is 0 Å². The Morgan fingerprint density at radius 3 is 2.73 bits per heavy atom. The standard InChI is InChI=1S/C16H22N4O2/c1-4-19(8-9-21)16(22)17-14-6-5-7-15(11-14)20-13(3)10-12(2)18-20/h5-7,10-11,21H,4,8-9H2,1-3H3,(H,17,22). The second-order valence-electron chi connectivity index (χ2n) is 5.12. The van der Waals surface area contributed by atoms with Gasteiger partial charge < -0.3 is 15.3 Å². The van der Waals surface area contributed by atoms with Crippen LogP contribution in [0, 0.1) is 13.8 Å². The molecule has 118 valence electrons. The Labute approximate surface area is 130 Å². The number of aliphatic hydroxyl groups is 1. The van der Waals surface area contributed by atoms with Crippen molar-refractivity contribution in [3.8, 4) is 5.69 Å². The summed E-state index contributed by atoms with van der Waals surface area (Å²) in [5.41, 5.74) is 3.59. The fourth-order valence-electron chi connectivity index (χ4n) is 2.33. The van der Waals surface area contributed by atoms with Crippen molar-refractivity contribution in [3.63, 3.8) is 0 Å². The highest BCUT2D eigenvalue weighted by Crippen LogP contribution is 2.17. The molecule has 2 rings (SSSR count). The molecular weight excluding hydrogens is 280 g/mol. The summed E-state index contributed by atoms with van der Waals surface area (Å²) < 4.78 is 1.84. The number of aromatic nitrogens is 2. The molecule has 0 aliphatic rings. The van der Waals surface area contributed by atoms with E-state index in [9.17, 15) is 4.79 Å². The smallest absolute Gasteiger partial charge is 0.321 e. The molecule has 0 unspecified atom stereocenters. The lowest BCUT2D eigenvalue weighted by molar-refractivity contribution is 0.192. The van der Waals surface area contributed by atoms with E-state index in [1.807, 2.05) is 55.8 Å². The molecule has 0 spiro atoms. The van der Waals surface area contributed by atoms with Gasteiger partial charge >= 0.3 is 6.03 Å². The number of hydrogen-bond donors (Lipinski definition) is 2. The summed E-state index contributed by atoms with van der Waals surface area (Å²) >= 11 is 0. The van der Waals surface area contributed by atoms with Crippen LogP contribution in [0.3, 0.4) is 0 Å².